The summed E-state index contributed by atoms with van der Waals surface area (Å²) in [4.78, 5) is 36.5. The van der Waals surface area contributed by atoms with Crippen molar-refractivity contribution in [1.82, 2.24) is 9.80 Å². The van der Waals surface area contributed by atoms with Gasteiger partial charge in [-0.05, 0) is 18.8 Å². The number of nitrogens with zero attached hydrogens (tertiary/aromatic N) is 2. The molecule has 0 radical (unpaired) electrons. The topological polar surface area (TPSA) is 104 Å². The highest BCUT2D eigenvalue weighted by atomic mass is 16.4. The molecule has 3 N–H and O–H groups in total. The van der Waals surface area contributed by atoms with Crippen molar-refractivity contribution < 1.29 is 19.5 Å². The van der Waals surface area contributed by atoms with Gasteiger partial charge in [0.1, 0.15) is 13.1 Å². The van der Waals surface area contributed by atoms with E-state index in [0.717, 1.165) is 24.2 Å². The molecule has 7 nitrogen and oxygen atoms in total. The van der Waals surface area contributed by atoms with Gasteiger partial charge in [0.15, 0.2) is 0 Å². The SMILES string of the molecule is CCC1CCCN(C(=O)N(CC(N)=O)CC(=O)O)C1. The van der Waals surface area contributed by atoms with Crippen molar-refractivity contribution in [2.45, 2.75) is 26.2 Å². The van der Waals surface area contributed by atoms with Crippen molar-refractivity contribution in [3.8, 4) is 0 Å². The van der Waals surface area contributed by atoms with Crippen LogP contribution in [0.5, 0.6) is 0 Å². The third kappa shape index (κ3) is 4.76. The van der Waals surface area contributed by atoms with Gasteiger partial charge in [-0.25, -0.2) is 4.79 Å². The quantitative estimate of drug-likeness (QED) is 0.740. The van der Waals surface area contributed by atoms with Crippen LogP contribution in [0.2, 0.25) is 0 Å². The summed E-state index contributed by atoms with van der Waals surface area (Å²) in [6.45, 7) is 2.42. The molecule has 7 heteroatoms. The molecule has 1 atom stereocenters. The summed E-state index contributed by atoms with van der Waals surface area (Å²) in [6, 6.07) is -0.417. The molecule has 0 saturated carbocycles. The number of carboxylic acid groups (broad SMARTS) is 1. The maximum Gasteiger partial charge on any atom is 0.323 e. The van der Waals surface area contributed by atoms with E-state index in [9.17, 15) is 14.4 Å². The number of carbonyl (C=O) groups is 3. The monoisotopic (exact) mass is 271 g/mol. The van der Waals surface area contributed by atoms with E-state index in [0.29, 0.717) is 19.0 Å². The number of hydrogen-bond donors (Lipinski definition) is 2. The molecule has 1 rings (SSSR count). The summed E-state index contributed by atoms with van der Waals surface area (Å²) in [6.07, 6.45) is 2.97. The molecule has 19 heavy (non-hydrogen) atoms. The van der Waals surface area contributed by atoms with Gasteiger partial charge in [0, 0.05) is 13.1 Å². The highest BCUT2D eigenvalue weighted by molar-refractivity contribution is 5.86. The molecule has 1 unspecified atom stereocenters. The minimum absolute atomic E-state index is 0.363. The van der Waals surface area contributed by atoms with E-state index < -0.39 is 24.5 Å². The van der Waals surface area contributed by atoms with Crippen LogP contribution >= 0.6 is 0 Å². The van der Waals surface area contributed by atoms with Crippen LogP contribution in [-0.4, -0.2) is 59.0 Å². The van der Waals surface area contributed by atoms with E-state index >= 15 is 0 Å². The minimum atomic E-state index is -1.15. The molecule has 0 aliphatic carbocycles. The molecule has 0 aromatic carbocycles. The number of amides is 3. The van der Waals surface area contributed by atoms with E-state index in [-0.39, 0.29) is 6.54 Å². The van der Waals surface area contributed by atoms with Crippen LogP contribution in [0.4, 0.5) is 4.79 Å². The summed E-state index contributed by atoms with van der Waals surface area (Å²) in [7, 11) is 0. The van der Waals surface area contributed by atoms with Crippen molar-refractivity contribution in [2.24, 2.45) is 11.7 Å². The van der Waals surface area contributed by atoms with Crippen molar-refractivity contribution in [1.29, 1.82) is 0 Å². The molecule has 1 aliphatic rings. The lowest BCUT2D eigenvalue weighted by atomic mass is 9.96. The summed E-state index contributed by atoms with van der Waals surface area (Å²) < 4.78 is 0. The van der Waals surface area contributed by atoms with Crippen LogP contribution < -0.4 is 5.73 Å². The van der Waals surface area contributed by atoms with Crippen molar-refractivity contribution in [3.05, 3.63) is 0 Å². The van der Waals surface area contributed by atoms with Crippen LogP contribution in [0.15, 0.2) is 0 Å². The first-order valence-electron chi connectivity index (χ1n) is 6.48. The number of likely N-dealkylation sites (tertiary alicyclic amines) is 1. The Balaban J connectivity index is 2.68. The Morgan fingerprint density at radius 3 is 2.58 bits per heavy atom. The number of carbonyl (C=O) groups excluding carboxylic acids is 2. The zero-order chi connectivity index (χ0) is 14.4. The normalized spacial score (nSPS) is 19.0. The fourth-order valence-electron chi connectivity index (χ4n) is 2.31. The lowest BCUT2D eigenvalue weighted by molar-refractivity contribution is -0.138. The minimum Gasteiger partial charge on any atom is -0.480 e. The van der Waals surface area contributed by atoms with Gasteiger partial charge in [-0.15, -0.1) is 0 Å². The van der Waals surface area contributed by atoms with Gasteiger partial charge in [0.25, 0.3) is 0 Å². The summed E-state index contributed by atoms with van der Waals surface area (Å²) in [5.41, 5.74) is 5.05. The fraction of sp³-hybridized carbons (Fsp3) is 0.750. The van der Waals surface area contributed by atoms with E-state index in [1.165, 1.54) is 0 Å². The molecule has 0 aromatic heterocycles. The molecule has 108 valence electrons. The first kappa shape index (κ1) is 15.3. The Morgan fingerprint density at radius 1 is 1.37 bits per heavy atom. The van der Waals surface area contributed by atoms with Gasteiger partial charge < -0.3 is 20.6 Å². The third-order valence-corrected chi connectivity index (χ3v) is 3.31. The average Bonchev–Trinajstić information content (AvgIpc) is 2.36. The van der Waals surface area contributed by atoms with Crippen molar-refractivity contribution in [2.75, 3.05) is 26.2 Å². The Kier molecular flexibility index (Phi) is 5.59. The first-order chi connectivity index (χ1) is 8.93. The summed E-state index contributed by atoms with van der Waals surface area (Å²) >= 11 is 0. The second kappa shape index (κ2) is 6.96. The third-order valence-electron chi connectivity index (χ3n) is 3.31. The van der Waals surface area contributed by atoms with Crippen LogP contribution in [0.1, 0.15) is 26.2 Å². The largest absolute Gasteiger partial charge is 0.480 e. The molecule has 1 heterocycles. The number of rotatable bonds is 5. The van der Waals surface area contributed by atoms with Crippen LogP contribution in [0, 0.1) is 5.92 Å². The van der Waals surface area contributed by atoms with Crippen molar-refractivity contribution >= 4 is 17.9 Å². The van der Waals surface area contributed by atoms with Gasteiger partial charge in [-0.1, -0.05) is 13.3 Å². The van der Waals surface area contributed by atoms with Gasteiger partial charge in [0.2, 0.25) is 5.91 Å². The Hall–Kier alpha value is -1.79. The van der Waals surface area contributed by atoms with Crippen LogP contribution in [-0.2, 0) is 9.59 Å². The molecular weight excluding hydrogens is 250 g/mol. The maximum atomic E-state index is 12.2. The molecular formula is C12H21N3O4. The van der Waals surface area contributed by atoms with Gasteiger partial charge in [-0.2, -0.15) is 0 Å². The Bertz CT molecular complexity index is 343. The molecule has 3 amide bonds. The van der Waals surface area contributed by atoms with Gasteiger partial charge >= 0.3 is 12.0 Å². The number of aliphatic carboxylic acids is 1. The zero-order valence-corrected chi connectivity index (χ0v) is 11.2. The fourth-order valence-corrected chi connectivity index (χ4v) is 2.31. The van der Waals surface area contributed by atoms with E-state index in [1.807, 2.05) is 0 Å². The smallest absolute Gasteiger partial charge is 0.323 e. The number of carboxylic acids is 1. The molecule has 1 saturated heterocycles. The molecule has 1 aliphatic heterocycles. The van der Waals surface area contributed by atoms with Gasteiger partial charge in [0.05, 0.1) is 0 Å². The highest BCUT2D eigenvalue weighted by Crippen LogP contribution is 2.20. The zero-order valence-electron chi connectivity index (χ0n) is 11.2. The number of nitrogens with two attached hydrogens (primary N) is 1. The predicted molar refractivity (Wildman–Crippen MR) is 68.4 cm³/mol. The van der Waals surface area contributed by atoms with Crippen LogP contribution in [0.3, 0.4) is 0 Å². The van der Waals surface area contributed by atoms with E-state index in [2.05, 4.69) is 6.92 Å². The number of piperidine rings is 1. The standard InChI is InChI=1S/C12H21N3O4/c1-2-9-4-3-5-14(6-9)12(19)15(7-10(13)16)8-11(17)18/h9H,2-8H2,1H3,(H2,13,16)(H,17,18). The second-order valence-electron chi connectivity index (χ2n) is 4.86. The van der Waals surface area contributed by atoms with E-state index in [1.54, 1.807) is 4.90 Å². The van der Waals surface area contributed by atoms with Crippen molar-refractivity contribution in [3.63, 3.8) is 0 Å². The lowest BCUT2D eigenvalue weighted by Gasteiger charge is -2.35. The molecule has 0 aromatic rings. The summed E-state index contributed by atoms with van der Waals surface area (Å²) in [5, 5.41) is 8.78. The Morgan fingerprint density at radius 2 is 2.05 bits per heavy atom. The molecule has 1 fully saturated rings. The summed E-state index contributed by atoms with van der Waals surface area (Å²) in [5.74, 6) is -1.42. The second-order valence-corrected chi connectivity index (χ2v) is 4.86. The Labute approximate surface area is 112 Å². The van der Waals surface area contributed by atoms with Crippen LogP contribution in [0.25, 0.3) is 0 Å². The highest BCUT2D eigenvalue weighted by Gasteiger charge is 2.28. The first-order valence-corrected chi connectivity index (χ1v) is 6.48. The number of hydrogen-bond acceptors (Lipinski definition) is 3. The number of primary amides is 1. The van der Waals surface area contributed by atoms with Gasteiger partial charge in [-0.3, -0.25) is 9.59 Å². The molecule has 0 bridgehead atoms. The maximum absolute atomic E-state index is 12.2. The molecule has 0 spiro atoms. The predicted octanol–water partition coefficient (Wildman–Crippen LogP) is 0.100. The number of urea groups is 1. The lowest BCUT2D eigenvalue weighted by Crippen LogP contribution is -2.51. The van der Waals surface area contributed by atoms with E-state index in [4.69, 9.17) is 10.8 Å². The average molecular weight is 271 g/mol.